The Labute approximate surface area is 798 Å². The topological polar surface area (TPSA) is 695 Å². The average Bonchev–Trinajstić information content (AvgIpc) is 1.12. The highest BCUT2D eigenvalue weighted by molar-refractivity contribution is 7.75. The molecule has 4 aromatic heterocycles. The van der Waals surface area contributed by atoms with Crippen LogP contribution in [0.1, 0.15) is 148 Å². The van der Waals surface area contributed by atoms with E-state index in [9.17, 15) is 147 Å². The van der Waals surface area contributed by atoms with Crippen LogP contribution in [0.4, 0.5) is 36.7 Å². The molecule has 4 amide bonds. The molecule has 0 bridgehead atoms. The van der Waals surface area contributed by atoms with Crippen molar-refractivity contribution in [3.63, 3.8) is 0 Å². The van der Waals surface area contributed by atoms with Gasteiger partial charge in [0, 0.05) is 143 Å². The van der Waals surface area contributed by atoms with Gasteiger partial charge in [0.05, 0.1) is 23.3 Å². The lowest BCUT2D eigenvalue weighted by Gasteiger charge is -2.41. The molecule has 48 nitrogen and oxygen atoms in total. The van der Waals surface area contributed by atoms with E-state index in [1.54, 1.807) is 6.92 Å². The summed E-state index contributed by atoms with van der Waals surface area (Å²) in [7, 11) is -41.4. The number of hydrogen-bond acceptors (Lipinski definition) is 38. The van der Waals surface area contributed by atoms with Gasteiger partial charge in [-0.3, -0.25) is 107 Å². The minimum atomic E-state index is -5.50. The molecule has 141 heavy (non-hydrogen) atoms. The third-order valence-corrected chi connectivity index (χ3v) is 40.3. The molecule has 12 N–H and O–H groups in total. The van der Waals surface area contributed by atoms with E-state index in [0.717, 1.165) is 47.0 Å². The predicted molar refractivity (Wildman–Crippen MR) is 467 cm³/mol. The number of ether oxygens (including phenoxy) is 7. The van der Waals surface area contributed by atoms with Gasteiger partial charge in [0.15, 0.2) is 11.6 Å². The standard InChI is InChI=1S/C21H23F2NO11P2.C21H25NO11P2.C19H18ClFN2O10P2.C19H19FN2O10P2/c1-3-14(25)7-12(2)32-20(26)33-15-8-16(22)18(17(23)9-15)19-34-36(28,29)21(27,37(30,31)35-19)10-13-5-4-6-24-11-13;1-29-16-8-9-18(31-20(23)30-15-6-2-3-7-15)17(11-16)19-32-34(25,26)21(24,35(27,28)33-19)12-14-5-4-10-22-13-14;20-13-7-12(8-14(21)16(13)31-18(25)23-6-2-4-15(23)24)17-32-34(27,28)19(26,35(29,30)33-17)9-11-3-1-5-22-10-11;20-15-9-13(30-18(24)22-8-2-4-16(22)23)5-6-14(15)17-31-33(26,27)19(25,34(28,29)32-17)10-12-3-1-7-21-11-12/h4-6,8-9,11-12,19,27H,3,7,10H2,1-2H3,(H,28,29)(H,30,31);4-5,8-11,13,15,19,24H,2-3,6-7,12H2,1H3,(H,25,26)(H,27,28);1,3,5,7-8,10,17,26H,2,4,6,9H2,(H,27,28)(H,29,30);1,3,5-7,9,11,17,25H,2,4,8,10H2,(H,26,27)(H,28,29). The fourth-order valence-corrected chi connectivity index (χ4v) is 28.7. The van der Waals surface area contributed by atoms with Crippen LogP contribution in [-0.2, 0) is 122 Å². The summed E-state index contributed by atoms with van der Waals surface area (Å²) < 4.78 is 237. The maximum Gasteiger partial charge on any atom is 0.514 e. The summed E-state index contributed by atoms with van der Waals surface area (Å²) in [4.78, 5) is 183. The number of carbonyl (C=O) groups is 7. The smallest absolute Gasteiger partial charge is 0.497 e. The molecular formula is C80H85ClF4N6O42P8. The molecule has 1 saturated carbocycles. The maximum absolute atomic E-state index is 14.8. The van der Waals surface area contributed by atoms with Crippen molar-refractivity contribution in [2.45, 2.75) is 161 Å². The van der Waals surface area contributed by atoms with Crippen LogP contribution in [0.5, 0.6) is 28.7 Å². The van der Waals surface area contributed by atoms with Crippen molar-refractivity contribution < 1.29 is 217 Å². The van der Waals surface area contributed by atoms with Crippen molar-refractivity contribution in [2.24, 2.45) is 0 Å². The number of carbonyl (C=O) groups excluding carboxylic acids is 7. The number of amides is 4. The zero-order chi connectivity index (χ0) is 103. The summed E-state index contributed by atoms with van der Waals surface area (Å²) >= 11 is 6.00. The monoisotopic (exact) mass is 2160 g/mol. The van der Waals surface area contributed by atoms with Crippen LogP contribution in [-0.4, -0.2) is 184 Å². The van der Waals surface area contributed by atoms with E-state index in [1.807, 2.05) is 0 Å². The second-order valence-electron chi connectivity index (χ2n) is 31.6. The number of benzene rings is 4. The highest BCUT2D eigenvalue weighted by Crippen LogP contribution is 2.83. The van der Waals surface area contributed by atoms with Crippen LogP contribution in [0.2, 0.25) is 5.02 Å². The Morgan fingerprint density at radius 2 is 0.851 bits per heavy atom. The van der Waals surface area contributed by atoms with Crippen molar-refractivity contribution >= 4 is 114 Å². The quantitative estimate of drug-likeness (QED) is 0.0130. The van der Waals surface area contributed by atoms with Gasteiger partial charge in [-0.25, -0.2) is 46.5 Å². The third kappa shape index (κ3) is 24.6. The van der Waals surface area contributed by atoms with Crippen molar-refractivity contribution in [3.8, 4) is 28.7 Å². The number of ketones is 1. The minimum absolute atomic E-state index is 0.0679. The van der Waals surface area contributed by atoms with Gasteiger partial charge in [-0.1, -0.05) is 42.8 Å². The van der Waals surface area contributed by atoms with Gasteiger partial charge < -0.3 is 92.7 Å². The number of aromatic nitrogens is 4. The molecule has 762 valence electrons. The molecule has 10 heterocycles. The van der Waals surface area contributed by atoms with Gasteiger partial charge in [-0.15, -0.1) is 0 Å². The zero-order valence-electron chi connectivity index (χ0n) is 73.1. The number of imide groups is 2. The van der Waals surface area contributed by atoms with Crippen molar-refractivity contribution in [1.29, 1.82) is 0 Å². The number of hydrogen-bond donors (Lipinski definition) is 12. The van der Waals surface area contributed by atoms with Crippen LogP contribution in [0.25, 0.3) is 0 Å². The molecule has 8 aromatic rings. The normalized spacial score (nSPS) is 30.4. The first-order chi connectivity index (χ1) is 66.0. The van der Waals surface area contributed by atoms with Crippen LogP contribution in [0.3, 0.4) is 0 Å². The summed E-state index contributed by atoms with van der Waals surface area (Å²) in [6.45, 7) is 3.29. The number of halogens is 5. The molecule has 61 heteroatoms. The van der Waals surface area contributed by atoms with Crippen molar-refractivity contribution in [2.75, 3.05) is 20.2 Å². The summed E-state index contributed by atoms with van der Waals surface area (Å²) in [5, 5.41) is 29.5. The number of likely N-dealkylation sites (tertiary alicyclic amines) is 2. The number of pyridine rings is 4. The van der Waals surface area contributed by atoms with Gasteiger partial charge in [0.1, 0.15) is 58.4 Å². The maximum atomic E-state index is 14.8. The van der Waals surface area contributed by atoms with Crippen LogP contribution < -0.4 is 23.7 Å². The fourth-order valence-electron chi connectivity index (χ4n) is 14.2. The number of nitrogens with zero attached hydrogens (tertiary/aromatic N) is 6. The minimum Gasteiger partial charge on any atom is -0.497 e. The molecule has 4 aromatic carbocycles. The highest BCUT2D eigenvalue weighted by Gasteiger charge is 2.71. The molecular weight excluding hydrogens is 2080 g/mol. The zero-order valence-corrected chi connectivity index (χ0v) is 81.0. The number of rotatable bonds is 22. The van der Waals surface area contributed by atoms with Crippen LogP contribution >= 0.6 is 72.4 Å². The number of aliphatic hydroxyl groups is 4. The van der Waals surface area contributed by atoms with E-state index < -0.39 is 231 Å². The van der Waals surface area contributed by atoms with E-state index in [1.165, 1.54) is 124 Å². The highest BCUT2D eigenvalue weighted by atomic mass is 35.5. The van der Waals surface area contributed by atoms with E-state index in [4.69, 9.17) is 80.9 Å². The first kappa shape index (κ1) is 110. The molecule has 0 radical (unpaired) electrons. The molecule has 7 aliphatic rings. The Kier molecular flexibility index (Phi) is 34.5. The molecule has 9 atom stereocenters. The first-order valence-corrected chi connectivity index (χ1v) is 54.3. The first-order valence-electron chi connectivity index (χ1n) is 41.3. The van der Waals surface area contributed by atoms with E-state index >= 15 is 0 Å². The summed E-state index contributed by atoms with van der Waals surface area (Å²) in [5.41, 5.74) is -1.83. The van der Waals surface area contributed by atoms with E-state index in [2.05, 4.69) is 19.9 Å². The van der Waals surface area contributed by atoms with Crippen LogP contribution in [0, 0.1) is 23.3 Å². The molecule has 1 aliphatic carbocycles. The van der Waals surface area contributed by atoms with E-state index in [-0.39, 0.29) is 95.7 Å². The lowest BCUT2D eigenvalue weighted by atomic mass is 10.1. The number of Topliss-reactive ketones (excluding diaryl/α,β-unsaturated/α-hetero) is 1. The third-order valence-electron chi connectivity index (χ3n) is 21.6. The van der Waals surface area contributed by atoms with Crippen LogP contribution in [0.15, 0.2) is 159 Å². The molecule has 7 fully saturated rings. The Morgan fingerprint density at radius 1 is 0.461 bits per heavy atom. The molecule has 9 unspecified atom stereocenters. The second kappa shape index (κ2) is 44.2. The Balaban J connectivity index is 0.000000168. The number of methoxy groups -OCH3 is 1. The largest absolute Gasteiger partial charge is 0.514 e. The van der Waals surface area contributed by atoms with Gasteiger partial charge >= 0.3 is 85.3 Å². The van der Waals surface area contributed by atoms with Gasteiger partial charge in [-0.2, -0.15) is 0 Å². The Hall–Kier alpha value is -9.58. The van der Waals surface area contributed by atoms with Gasteiger partial charge in [0.25, 0.3) is 20.3 Å². The lowest BCUT2D eigenvalue weighted by molar-refractivity contribution is -0.126. The second-order valence-corrected chi connectivity index (χ2v) is 49.3. The van der Waals surface area contributed by atoms with Crippen molar-refractivity contribution in [3.05, 3.63) is 232 Å². The SMILES string of the molecule is CCC(=O)CC(C)OC(=O)Oc1cc(F)c(C2OP(=O)(O)C(O)(Cc3cccnc3)P(=O)(O)O2)c(F)c1.COc1ccc(OC(=O)OC2CCCC2)c(C2OP(=O)(O)C(O)(Cc3cccnc3)P(=O)(O)O2)c1.O=C1CCCN1C(=O)Oc1c(F)cc(C2OP(=O)(O)C(O)(Cc3cccnc3)P(=O)(O)O2)cc1Cl.O=C1CCCN1C(=O)Oc1ccc(C2OP(=O)(O)C(O)(Cc3cccnc3)P(=O)(O)O2)c(F)c1. The Morgan fingerprint density at radius 3 is 1.23 bits per heavy atom. The van der Waals surface area contributed by atoms with E-state index in [0.29, 0.717) is 49.9 Å². The molecule has 15 rings (SSSR count). The summed E-state index contributed by atoms with van der Waals surface area (Å²) in [5.74, 6) is -8.36. The molecule has 6 saturated heterocycles. The Bertz CT molecular complexity index is 6330. The lowest BCUT2D eigenvalue weighted by Crippen LogP contribution is -2.38. The average molecular weight is 2160 g/mol. The van der Waals surface area contributed by atoms with Gasteiger partial charge in [0.2, 0.25) is 37.0 Å². The molecule has 0 spiro atoms. The van der Waals surface area contributed by atoms with Crippen molar-refractivity contribution in [1.82, 2.24) is 29.7 Å². The summed E-state index contributed by atoms with van der Waals surface area (Å²) in [6, 6.07) is 20.5. The summed E-state index contributed by atoms with van der Waals surface area (Å²) in [6.07, 6.45) is -2.70. The molecule has 6 aliphatic heterocycles. The predicted octanol–water partition coefficient (Wildman–Crippen LogP) is 13.7. The fraction of sp³-hybridized carbons (Fsp3) is 0.362. The van der Waals surface area contributed by atoms with Gasteiger partial charge in [-0.05, 0) is 134 Å².